The van der Waals surface area contributed by atoms with Gasteiger partial charge in [-0.15, -0.1) is 11.6 Å². The molecule has 0 saturated heterocycles. The number of halogens is 4. The summed E-state index contributed by atoms with van der Waals surface area (Å²) in [7, 11) is 0. The molecule has 0 N–H and O–H groups in total. The second kappa shape index (κ2) is 5.48. The van der Waals surface area contributed by atoms with Crippen molar-refractivity contribution in [2.45, 2.75) is 19.2 Å². The molecule has 0 spiro atoms. The Bertz CT molecular complexity index is 624. The van der Waals surface area contributed by atoms with E-state index in [1.807, 2.05) is 6.92 Å². The lowest BCUT2D eigenvalue weighted by molar-refractivity contribution is 0.568. The van der Waals surface area contributed by atoms with E-state index in [1.54, 1.807) is 25.1 Å². The lowest BCUT2D eigenvalue weighted by atomic mass is 9.98. The van der Waals surface area contributed by atoms with Gasteiger partial charge in [-0.2, -0.15) is 0 Å². The molecule has 0 aromatic heterocycles. The minimum Gasteiger partial charge on any atom is -0.207 e. The summed E-state index contributed by atoms with van der Waals surface area (Å²) in [5, 5.41) is -0.125. The van der Waals surface area contributed by atoms with Crippen molar-refractivity contribution in [1.29, 1.82) is 0 Å². The monoisotopic (exact) mass is 300 g/mol. The molecule has 0 bridgehead atoms. The zero-order valence-electron chi connectivity index (χ0n) is 10.5. The quantitative estimate of drug-likeness (QED) is 0.637. The SMILES string of the molecule is Cc1cc(C(Cl)c2cccc(Cl)c2C)c(F)cc1F. The predicted molar refractivity (Wildman–Crippen MR) is 75.0 cm³/mol. The standard InChI is InChI=1S/C15H12Cl2F2/c1-8-6-11(14(19)7-13(8)18)15(17)10-4-3-5-12(16)9(10)2/h3-7,15H,1-2H3. The Morgan fingerprint density at radius 1 is 1.00 bits per heavy atom. The Kier molecular flexibility index (Phi) is 4.12. The molecule has 1 unspecified atom stereocenters. The van der Waals surface area contributed by atoms with Crippen LogP contribution in [0.4, 0.5) is 8.78 Å². The normalized spacial score (nSPS) is 12.5. The maximum absolute atomic E-state index is 13.8. The highest BCUT2D eigenvalue weighted by Gasteiger charge is 2.19. The third-order valence-corrected chi connectivity index (χ3v) is 4.01. The van der Waals surface area contributed by atoms with Gasteiger partial charge in [-0.25, -0.2) is 8.78 Å². The molecule has 0 aliphatic heterocycles. The summed E-state index contributed by atoms with van der Waals surface area (Å²) in [6, 6.07) is 7.59. The van der Waals surface area contributed by atoms with Crippen LogP contribution in [0.1, 0.15) is 27.6 Å². The first-order valence-corrected chi connectivity index (χ1v) is 6.58. The highest BCUT2D eigenvalue weighted by atomic mass is 35.5. The molecule has 0 fully saturated rings. The molecule has 0 aliphatic rings. The molecule has 100 valence electrons. The van der Waals surface area contributed by atoms with Gasteiger partial charge in [-0.1, -0.05) is 23.7 Å². The van der Waals surface area contributed by atoms with Gasteiger partial charge in [0.1, 0.15) is 11.6 Å². The maximum atomic E-state index is 13.8. The molecule has 2 aromatic carbocycles. The first-order valence-electron chi connectivity index (χ1n) is 5.76. The van der Waals surface area contributed by atoms with Gasteiger partial charge < -0.3 is 0 Å². The second-order valence-electron chi connectivity index (χ2n) is 4.44. The van der Waals surface area contributed by atoms with Gasteiger partial charge in [-0.05, 0) is 42.7 Å². The molecule has 19 heavy (non-hydrogen) atoms. The molecule has 0 amide bonds. The lowest BCUT2D eigenvalue weighted by Crippen LogP contribution is -2.01. The van der Waals surface area contributed by atoms with E-state index < -0.39 is 17.0 Å². The number of hydrogen-bond acceptors (Lipinski definition) is 0. The fourth-order valence-electron chi connectivity index (χ4n) is 1.94. The van der Waals surface area contributed by atoms with E-state index >= 15 is 0 Å². The van der Waals surface area contributed by atoms with Crippen LogP contribution < -0.4 is 0 Å². The summed E-state index contributed by atoms with van der Waals surface area (Å²) >= 11 is 12.3. The molecule has 0 nitrogen and oxygen atoms in total. The summed E-state index contributed by atoms with van der Waals surface area (Å²) in [5.41, 5.74) is 2.14. The Balaban J connectivity index is 2.53. The molecule has 0 radical (unpaired) electrons. The predicted octanol–water partition coefficient (Wildman–Crippen LogP) is 5.56. The highest BCUT2D eigenvalue weighted by molar-refractivity contribution is 6.31. The van der Waals surface area contributed by atoms with Gasteiger partial charge >= 0.3 is 0 Å². The van der Waals surface area contributed by atoms with Gasteiger partial charge in [0, 0.05) is 16.7 Å². The first-order chi connectivity index (χ1) is 8.91. The molecule has 0 aliphatic carbocycles. The average Bonchev–Trinajstić information content (AvgIpc) is 2.36. The molecular formula is C15H12Cl2F2. The fraction of sp³-hybridized carbons (Fsp3) is 0.200. The number of rotatable bonds is 2. The topological polar surface area (TPSA) is 0 Å². The van der Waals surface area contributed by atoms with Crippen molar-refractivity contribution in [2.24, 2.45) is 0 Å². The molecular weight excluding hydrogens is 289 g/mol. The van der Waals surface area contributed by atoms with Crippen molar-refractivity contribution in [3.63, 3.8) is 0 Å². The third kappa shape index (κ3) is 2.75. The minimum atomic E-state index is -0.696. The van der Waals surface area contributed by atoms with Crippen molar-refractivity contribution < 1.29 is 8.78 Å². The van der Waals surface area contributed by atoms with E-state index in [0.717, 1.165) is 17.2 Å². The highest BCUT2D eigenvalue weighted by Crippen LogP contribution is 2.35. The Morgan fingerprint density at radius 2 is 1.68 bits per heavy atom. The van der Waals surface area contributed by atoms with E-state index in [1.165, 1.54) is 6.07 Å². The van der Waals surface area contributed by atoms with E-state index in [2.05, 4.69) is 0 Å². The number of aryl methyl sites for hydroxylation is 1. The summed E-state index contributed by atoms with van der Waals surface area (Å²) in [6.45, 7) is 3.40. The molecule has 2 rings (SSSR count). The number of hydrogen-bond donors (Lipinski definition) is 0. The van der Waals surface area contributed by atoms with E-state index in [9.17, 15) is 8.78 Å². The van der Waals surface area contributed by atoms with Gasteiger partial charge in [0.15, 0.2) is 0 Å². The third-order valence-electron chi connectivity index (χ3n) is 3.13. The van der Waals surface area contributed by atoms with Gasteiger partial charge in [-0.3, -0.25) is 0 Å². The molecule has 0 saturated carbocycles. The van der Waals surface area contributed by atoms with Crippen molar-refractivity contribution >= 4 is 23.2 Å². The van der Waals surface area contributed by atoms with Crippen LogP contribution in [-0.2, 0) is 0 Å². The van der Waals surface area contributed by atoms with Gasteiger partial charge in [0.05, 0.1) is 5.38 Å². The van der Waals surface area contributed by atoms with Gasteiger partial charge in [0.25, 0.3) is 0 Å². The Labute approximate surface area is 121 Å². The summed E-state index contributed by atoms with van der Waals surface area (Å²) < 4.78 is 27.1. The summed E-state index contributed by atoms with van der Waals surface area (Å²) in [6.07, 6.45) is 0. The minimum absolute atomic E-state index is 0.255. The Hall–Kier alpha value is -1.12. The molecule has 4 heteroatoms. The van der Waals surface area contributed by atoms with Crippen LogP contribution in [-0.4, -0.2) is 0 Å². The second-order valence-corrected chi connectivity index (χ2v) is 5.28. The number of alkyl halides is 1. The summed E-state index contributed by atoms with van der Waals surface area (Å²) in [4.78, 5) is 0. The van der Waals surface area contributed by atoms with Crippen molar-refractivity contribution in [1.82, 2.24) is 0 Å². The largest absolute Gasteiger partial charge is 0.207 e. The van der Waals surface area contributed by atoms with E-state index in [4.69, 9.17) is 23.2 Å². The molecule has 2 aromatic rings. The van der Waals surface area contributed by atoms with Crippen LogP contribution in [0.3, 0.4) is 0 Å². The van der Waals surface area contributed by atoms with Crippen LogP contribution >= 0.6 is 23.2 Å². The number of benzene rings is 2. The van der Waals surface area contributed by atoms with Crippen LogP contribution in [0.15, 0.2) is 30.3 Å². The van der Waals surface area contributed by atoms with Crippen molar-refractivity contribution in [3.8, 4) is 0 Å². The summed E-state index contributed by atoms with van der Waals surface area (Å²) in [5.74, 6) is -1.23. The maximum Gasteiger partial charge on any atom is 0.131 e. The zero-order chi connectivity index (χ0) is 14.2. The van der Waals surface area contributed by atoms with E-state index in [0.29, 0.717) is 10.6 Å². The van der Waals surface area contributed by atoms with Crippen molar-refractivity contribution in [2.75, 3.05) is 0 Å². The van der Waals surface area contributed by atoms with Crippen LogP contribution in [0.2, 0.25) is 5.02 Å². The van der Waals surface area contributed by atoms with Gasteiger partial charge in [0.2, 0.25) is 0 Å². The van der Waals surface area contributed by atoms with Crippen LogP contribution in [0, 0.1) is 25.5 Å². The smallest absolute Gasteiger partial charge is 0.131 e. The van der Waals surface area contributed by atoms with Crippen LogP contribution in [0.25, 0.3) is 0 Å². The molecule has 0 heterocycles. The fourth-order valence-corrected chi connectivity index (χ4v) is 2.53. The average molecular weight is 301 g/mol. The zero-order valence-corrected chi connectivity index (χ0v) is 12.0. The lowest BCUT2D eigenvalue weighted by Gasteiger charge is -2.15. The molecule has 1 atom stereocenters. The Morgan fingerprint density at radius 3 is 2.37 bits per heavy atom. The van der Waals surface area contributed by atoms with Crippen molar-refractivity contribution in [3.05, 3.63) is 69.2 Å². The first kappa shape index (κ1) is 14.3. The van der Waals surface area contributed by atoms with E-state index in [-0.39, 0.29) is 5.56 Å². The van der Waals surface area contributed by atoms with Crippen LogP contribution in [0.5, 0.6) is 0 Å².